The fourth-order valence-electron chi connectivity index (χ4n) is 3.26. The first-order valence-corrected chi connectivity index (χ1v) is 11.0. The Morgan fingerprint density at radius 3 is 1.73 bits per heavy atom. The highest BCUT2D eigenvalue weighted by molar-refractivity contribution is 5.69. The Balaban J connectivity index is 1.93. The molecule has 0 amide bonds. The highest BCUT2D eigenvalue weighted by Crippen LogP contribution is 2.13. The molecule has 0 aliphatic carbocycles. The third-order valence-electron chi connectivity index (χ3n) is 4.95. The van der Waals surface area contributed by atoms with Gasteiger partial charge in [0.2, 0.25) is 0 Å². The molecule has 0 saturated heterocycles. The average molecular weight is 361 g/mol. The minimum atomic E-state index is -0.0569. The normalized spacial score (nSPS) is 10.8. The Labute approximate surface area is 161 Å². The van der Waals surface area contributed by atoms with Crippen LogP contribution in [-0.4, -0.2) is 5.97 Å². The van der Waals surface area contributed by atoms with Crippen molar-refractivity contribution in [3.63, 3.8) is 0 Å². The van der Waals surface area contributed by atoms with E-state index in [2.05, 4.69) is 38.1 Å². The molecule has 0 fully saturated rings. The molecule has 0 unspecified atom stereocenters. The lowest BCUT2D eigenvalue weighted by Crippen LogP contribution is -2.04. The summed E-state index contributed by atoms with van der Waals surface area (Å²) in [6.45, 7) is 4.86. The molecule has 0 bridgehead atoms. The number of unbranched alkanes of at least 4 members (excludes halogenated alkanes) is 10. The summed E-state index contributed by atoms with van der Waals surface area (Å²) < 4.78 is 5.38. The van der Waals surface area contributed by atoms with Crippen LogP contribution >= 0.6 is 0 Å². The van der Waals surface area contributed by atoms with Crippen molar-refractivity contribution in [3.8, 4) is 0 Å². The largest absolute Gasteiger partial charge is 0.461 e. The molecule has 0 N–H and O–H groups in total. The van der Waals surface area contributed by atoms with Gasteiger partial charge in [-0.3, -0.25) is 4.79 Å². The molecule has 0 heterocycles. The van der Waals surface area contributed by atoms with Gasteiger partial charge in [0, 0.05) is 6.42 Å². The quantitative estimate of drug-likeness (QED) is 0.227. The van der Waals surface area contributed by atoms with Crippen LogP contribution in [-0.2, 0) is 22.6 Å². The van der Waals surface area contributed by atoms with Gasteiger partial charge >= 0.3 is 5.97 Å². The Hall–Kier alpha value is -1.31. The highest BCUT2D eigenvalue weighted by Gasteiger charge is 2.03. The van der Waals surface area contributed by atoms with E-state index in [-0.39, 0.29) is 5.97 Å². The number of esters is 1. The lowest BCUT2D eigenvalue weighted by Gasteiger charge is -2.06. The minimum Gasteiger partial charge on any atom is -0.461 e. The number of hydrogen-bond donors (Lipinski definition) is 0. The fraction of sp³-hybridized carbons (Fsp3) is 0.708. The maximum Gasteiger partial charge on any atom is 0.306 e. The minimum absolute atomic E-state index is 0.0569. The molecule has 0 aliphatic heterocycles. The van der Waals surface area contributed by atoms with Crippen molar-refractivity contribution in [2.24, 2.45) is 0 Å². The molecule has 148 valence electrons. The van der Waals surface area contributed by atoms with Gasteiger partial charge in [-0.15, -0.1) is 0 Å². The molecule has 2 heteroatoms. The van der Waals surface area contributed by atoms with E-state index in [4.69, 9.17) is 4.74 Å². The van der Waals surface area contributed by atoms with Crippen molar-refractivity contribution >= 4 is 5.97 Å². The molecular weight excluding hydrogens is 320 g/mol. The first-order valence-electron chi connectivity index (χ1n) is 11.0. The zero-order valence-corrected chi connectivity index (χ0v) is 17.2. The molecule has 0 radical (unpaired) electrons. The second kappa shape index (κ2) is 15.9. The summed E-state index contributed by atoms with van der Waals surface area (Å²) in [5, 5.41) is 0. The summed E-state index contributed by atoms with van der Waals surface area (Å²) in [5.74, 6) is -0.0569. The Bertz CT molecular complexity index is 450. The third kappa shape index (κ3) is 12.1. The van der Waals surface area contributed by atoms with Crippen molar-refractivity contribution in [2.45, 2.75) is 110 Å². The Kier molecular flexibility index (Phi) is 13.9. The summed E-state index contributed by atoms with van der Waals surface area (Å²) in [7, 11) is 0. The maximum atomic E-state index is 11.8. The summed E-state index contributed by atoms with van der Waals surface area (Å²) in [5.41, 5.74) is 2.43. The fourth-order valence-corrected chi connectivity index (χ4v) is 3.26. The van der Waals surface area contributed by atoms with Gasteiger partial charge < -0.3 is 4.74 Å². The number of ether oxygens (including phenoxy) is 1. The van der Waals surface area contributed by atoms with E-state index in [1.165, 1.54) is 63.4 Å². The van der Waals surface area contributed by atoms with E-state index in [0.717, 1.165) is 31.2 Å². The smallest absolute Gasteiger partial charge is 0.306 e. The van der Waals surface area contributed by atoms with Crippen LogP contribution in [0.3, 0.4) is 0 Å². The van der Waals surface area contributed by atoms with Crippen LogP contribution in [0.25, 0.3) is 0 Å². The molecule has 0 atom stereocenters. The predicted molar refractivity (Wildman–Crippen MR) is 111 cm³/mol. The summed E-state index contributed by atoms with van der Waals surface area (Å²) in [4.78, 5) is 11.8. The van der Waals surface area contributed by atoms with Gasteiger partial charge in [-0.2, -0.15) is 0 Å². The molecule has 1 aromatic rings. The standard InChI is InChI=1S/C24H40O2/c1-3-5-6-7-8-9-10-11-12-13-14-16-24(25)26-21-23-19-17-22(15-4-2)18-20-23/h17-20H,3-16,21H2,1-2H3. The number of carbonyl (C=O) groups is 1. The topological polar surface area (TPSA) is 26.3 Å². The molecule has 0 spiro atoms. The number of carbonyl (C=O) groups excluding carboxylic acids is 1. The van der Waals surface area contributed by atoms with Crippen molar-refractivity contribution in [2.75, 3.05) is 0 Å². The van der Waals surface area contributed by atoms with E-state index in [1.807, 2.05) is 0 Å². The highest BCUT2D eigenvalue weighted by atomic mass is 16.5. The van der Waals surface area contributed by atoms with Crippen LogP contribution in [0.2, 0.25) is 0 Å². The Morgan fingerprint density at radius 2 is 1.19 bits per heavy atom. The maximum absolute atomic E-state index is 11.8. The van der Waals surface area contributed by atoms with E-state index in [9.17, 15) is 4.79 Å². The second-order valence-corrected chi connectivity index (χ2v) is 7.51. The van der Waals surface area contributed by atoms with Crippen LogP contribution in [0, 0.1) is 0 Å². The van der Waals surface area contributed by atoms with Crippen molar-refractivity contribution in [1.82, 2.24) is 0 Å². The van der Waals surface area contributed by atoms with Crippen LogP contribution in [0.5, 0.6) is 0 Å². The van der Waals surface area contributed by atoms with Crippen molar-refractivity contribution in [3.05, 3.63) is 35.4 Å². The summed E-state index contributed by atoms with van der Waals surface area (Å²) in [6, 6.07) is 8.41. The number of rotatable bonds is 16. The first-order chi connectivity index (χ1) is 12.8. The molecule has 26 heavy (non-hydrogen) atoms. The van der Waals surface area contributed by atoms with E-state index >= 15 is 0 Å². The predicted octanol–water partition coefficient (Wildman–Crippen LogP) is 7.38. The molecular formula is C24H40O2. The first kappa shape index (κ1) is 22.7. The van der Waals surface area contributed by atoms with Crippen molar-refractivity contribution < 1.29 is 9.53 Å². The third-order valence-corrected chi connectivity index (χ3v) is 4.95. The number of benzene rings is 1. The lowest BCUT2D eigenvalue weighted by atomic mass is 10.1. The van der Waals surface area contributed by atoms with Gasteiger partial charge in [0.1, 0.15) is 6.61 Å². The van der Waals surface area contributed by atoms with E-state index < -0.39 is 0 Å². The van der Waals surface area contributed by atoms with Crippen LogP contribution in [0.4, 0.5) is 0 Å². The zero-order valence-electron chi connectivity index (χ0n) is 17.2. The summed E-state index contributed by atoms with van der Waals surface area (Å²) in [6.07, 6.45) is 17.2. The van der Waals surface area contributed by atoms with E-state index in [1.54, 1.807) is 0 Å². The molecule has 0 aliphatic rings. The molecule has 1 rings (SSSR count). The number of aryl methyl sites for hydroxylation is 1. The number of hydrogen-bond acceptors (Lipinski definition) is 2. The molecule has 1 aromatic carbocycles. The van der Waals surface area contributed by atoms with Crippen LogP contribution in [0.15, 0.2) is 24.3 Å². The average Bonchev–Trinajstić information content (AvgIpc) is 2.66. The van der Waals surface area contributed by atoms with Crippen LogP contribution in [0.1, 0.15) is 108 Å². The van der Waals surface area contributed by atoms with Gasteiger partial charge in [-0.25, -0.2) is 0 Å². The molecule has 0 saturated carbocycles. The zero-order chi connectivity index (χ0) is 18.9. The van der Waals surface area contributed by atoms with Crippen molar-refractivity contribution in [1.29, 1.82) is 0 Å². The van der Waals surface area contributed by atoms with E-state index in [0.29, 0.717) is 13.0 Å². The van der Waals surface area contributed by atoms with Gasteiger partial charge in [-0.05, 0) is 24.0 Å². The monoisotopic (exact) mass is 360 g/mol. The molecule has 2 nitrogen and oxygen atoms in total. The Morgan fingerprint density at radius 1 is 0.692 bits per heavy atom. The van der Waals surface area contributed by atoms with Gasteiger partial charge in [0.15, 0.2) is 0 Å². The van der Waals surface area contributed by atoms with Gasteiger partial charge in [0.25, 0.3) is 0 Å². The van der Waals surface area contributed by atoms with Crippen LogP contribution < -0.4 is 0 Å². The SMILES string of the molecule is CCCCCCCCCCCCCC(=O)OCc1ccc(CCC)cc1. The summed E-state index contributed by atoms with van der Waals surface area (Å²) >= 11 is 0. The lowest BCUT2D eigenvalue weighted by molar-refractivity contribution is -0.145. The molecule has 0 aromatic heterocycles. The second-order valence-electron chi connectivity index (χ2n) is 7.51. The van der Waals surface area contributed by atoms with Gasteiger partial charge in [0.05, 0.1) is 0 Å². The van der Waals surface area contributed by atoms with Gasteiger partial charge in [-0.1, -0.05) is 109 Å².